The molecule has 2 heterocycles. The molecule has 0 atom stereocenters. The molecule has 4 rings (SSSR count). The maximum absolute atomic E-state index is 12.6. The first-order valence-electron chi connectivity index (χ1n) is 9.02. The molecule has 146 valence electrons. The zero-order chi connectivity index (χ0) is 20.2. The number of anilines is 2. The molecule has 6 nitrogen and oxygen atoms in total. The molecule has 0 bridgehead atoms. The molecule has 0 spiro atoms. The van der Waals surface area contributed by atoms with Gasteiger partial charge in [-0.1, -0.05) is 28.1 Å². The van der Waals surface area contributed by atoms with E-state index in [9.17, 15) is 4.79 Å². The van der Waals surface area contributed by atoms with Crippen molar-refractivity contribution in [2.75, 3.05) is 17.7 Å². The van der Waals surface area contributed by atoms with Crippen molar-refractivity contribution in [3.05, 3.63) is 83.2 Å². The van der Waals surface area contributed by atoms with Crippen molar-refractivity contribution in [3.8, 4) is 5.75 Å². The van der Waals surface area contributed by atoms with Crippen LogP contribution in [0.2, 0.25) is 0 Å². The summed E-state index contributed by atoms with van der Waals surface area (Å²) >= 11 is 3.41. The minimum absolute atomic E-state index is 0.339. The van der Waals surface area contributed by atoms with Crippen molar-refractivity contribution in [3.63, 3.8) is 0 Å². The Morgan fingerprint density at radius 1 is 1.10 bits per heavy atom. The highest BCUT2D eigenvalue weighted by molar-refractivity contribution is 9.10. The lowest BCUT2D eigenvalue weighted by molar-refractivity contribution is 0.262. The van der Waals surface area contributed by atoms with Crippen molar-refractivity contribution < 1.29 is 9.53 Å². The highest BCUT2D eigenvalue weighted by atomic mass is 79.9. The highest BCUT2D eigenvalue weighted by Gasteiger charge is 2.11. The summed E-state index contributed by atoms with van der Waals surface area (Å²) in [6.45, 7) is 0.711. The van der Waals surface area contributed by atoms with Gasteiger partial charge in [0.05, 0.1) is 24.0 Å². The second-order valence-corrected chi connectivity index (χ2v) is 7.38. The summed E-state index contributed by atoms with van der Waals surface area (Å²) in [6, 6.07) is 16.9. The monoisotopic (exact) mass is 450 g/mol. The van der Waals surface area contributed by atoms with Crippen molar-refractivity contribution in [2.45, 2.75) is 6.54 Å². The van der Waals surface area contributed by atoms with Crippen molar-refractivity contribution in [1.29, 1.82) is 0 Å². The molecule has 0 unspecified atom stereocenters. The molecule has 29 heavy (non-hydrogen) atoms. The van der Waals surface area contributed by atoms with Crippen molar-refractivity contribution in [1.82, 2.24) is 9.55 Å². The van der Waals surface area contributed by atoms with Crippen LogP contribution in [0.15, 0.2) is 77.7 Å². The molecule has 0 saturated carbocycles. The number of amides is 2. The van der Waals surface area contributed by atoms with Crippen molar-refractivity contribution >= 4 is 44.2 Å². The van der Waals surface area contributed by atoms with E-state index in [1.165, 1.54) is 0 Å². The van der Waals surface area contributed by atoms with Gasteiger partial charge >= 0.3 is 6.03 Å². The van der Waals surface area contributed by atoms with Gasteiger partial charge < -0.3 is 19.9 Å². The number of carbonyl (C=O) groups is 1. The molecule has 2 aromatic heterocycles. The van der Waals surface area contributed by atoms with Crippen LogP contribution in [0.3, 0.4) is 0 Å². The van der Waals surface area contributed by atoms with E-state index in [1.807, 2.05) is 54.9 Å². The Morgan fingerprint density at radius 3 is 2.76 bits per heavy atom. The van der Waals surface area contributed by atoms with E-state index in [1.54, 1.807) is 25.4 Å². The lowest BCUT2D eigenvalue weighted by atomic mass is 10.2. The van der Waals surface area contributed by atoms with Gasteiger partial charge in [0, 0.05) is 35.0 Å². The quantitative estimate of drug-likeness (QED) is 0.421. The molecule has 2 aromatic carbocycles. The number of nitrogens with one attached hydrogen (secondary N) is 2. The number of carbonyl (C=O) groups excluding carboxylic acids is 1. The molecule has 0 saturated heterocycles. The fourth-order valence-electron chi connectivity index (χ4n) is 3.21. The second-order valence-electron chi connectivity index (χ2n) is 6.47. The van der Waals surface area contributed by atoms with Gasteiger partial charge in [-0.25, -0.2) is 4.79 Å². The van der Waals surface area contributed by atoms with E-state index in [4.69, 9.17) is 4.74 Å². The number of ether oxygens (including phenoxy) is 1. The third-order valence-corrected chi connectivity index (χ3v) is 5.04. The second kappa shape index (κ2) is 8.36. The average molecular weight is 451 g/mol. The van der Waals surface area contributed by atoms with Crippen LogP contribution in [0.25, 0.3) is 10.9 Å². The summed E-state index contributed by atoms with van der Waals surface area (Å²) in [5.41, 5.74) is 3.47. The lowest BCUT2D eigenvalue weighted by Gasteiger charge is -2.12. The van der Waals surface area contributed by atoms with Crippen LogP contribution in [-0.2, 0) is 6.54 Å². The lowest BCUT2D eigenvalue weighted by Crippen LogP contribution is -2.20. The van der Waals surface area contributed by atoms with Gasteiger partial charge in [0.15, 0.2) is 0 Å². The molecule has 7 heteroatoms. The summed E-state index contributed by atoms with van der Waals surface area (Å²) in [6.07, 6.45) is 5.63. The van der Waals surface area contributed by atoms with E-state index < -0.39 is 0 Å². The number of rotatable bonds is 5. The third kappa shape index (κ3) is 4.25. The molecule has 0 aliphatic heterocycles. The smallest absolute Gasteiger partial charge is 0.323 e. The Balaban J connectivity index is 1.55. The maximum atomic E-state index is 12.6. The number of aromatic nitrogens is 2. The molecule has 0 aliphatic carbocycles. The van der Waals surface area contributed by atoms with E-state index in [0.29, 0.717) is 18.0 Å². The minimum Gasteiger partial charge on any atom is -0.495 e. The first kappa shape index (κ1) is 19.0. The summed E-state index contributed by atoms with van der Waals surface area (Å²) in [5.74, 6) is 0.587. The van der Waals surface area contributed by atoms with Crippen LogP contribution in [0.1, 0.15) is 5.56 Å². The molecule has 0 fully saturated rings. The Hall–Kier alpha value is -3.32. The number of pyridine rings is 1. The number of methoxy groups -OCH3 is 1. The molecule has 2 amide bonds. The van der Waals surface area contributed by atoms with Gasteiger partial charge in [0.25, 0.3) is 0 Å². The number of hydrogen-bond donors (Lipinski definition) is 2. The van der Waals surface area contributed by atoms with Gasteiger partial charge in [0.2, 0.25) is 0 Å². The van der Waals surface area contributed by atoms with Crippen LogP contribution in [0.5, 0.6) is 5.75 Å². The van der Waals surface area contributed by atoms with Gasteiger partial charge in [-0.05, 0) is 48.0 Å². The Morgan fingerprint density at radius 2 is 1.97 bits per heavy atom. The van der Waals surface area contributed by atoms with Gasteiger partial charge in [-0.15, -0.1) is 0 Å². The van der Waals surface area contributed by atoms with Gasteiger partial charge in [0.1, 0.15) is 5.75 Å². The highest BCUT2D eigenvalue weighted by Crippen LogP contribution is 2.29. The maximum Gasteiger partial charge on any atom is 0.323 e. The van der Waals surface area contributed by atoms with Crippen LogP contribution in [-0.4, -0.2) is 22.7 Å². The average Bonchev–Trinajstić information content (AvgIpc) is 3.13. The number of nitrogens with zero attached hydrogens (tertiary/aromatic N) is 2. The van der Waals surface area contributed by atoms with Gasteiger partial charge in [-0.3, -0.25) is 4.98 Å². The number of urea groups is 1. The largest absolute Gasteiger partial charge is 0.495 e. The van der Waals surface area contributed by atoms with E-state index in [-0.39, 0.29) is 6.03 Å². The molecule has 4 aromatic rings. The van der Waals surface area contributed by atoms with E-state index in [0.717, 1.165) is 26.6 Å². The van der Waals surface area contributed by atoms with E-state index >= 15 is 0 Å². The molecule has 2 N–H and O–H groups in total. The topological polar surface area (TPSA) is 68.2 Å². The first-order chi connectivity index (χ1) is 14.1. The summed E-state index contributed by atoms with van der Waals surface area (Å²) in [4.78, 5) is 16.8. The molecule has 0 radical (unpaired) electrons. The molecular formula is C22H19BrN4O2. The van der Waals surface area contributed by atoms with Crippen LogP contribution in [0.4, 0.5) is 16.2 Å². The van der Waals surface area contributed by atoms with E-state index in [2.05, 4.69) is 36.1 Å². The van der Waals surface area contributed by atoms with Crippen LogP contribution in [0, 0.1) is 0 Å². The molecule has 0 aliphatic rings. The van der Waals surface area contributed by atoms with Crippen molar-refractivity contribution in [2.24, 2.45) is 0 Å². The van der Waals surface area contributed by atoms with Crippen LogP contribution < -0.4 is 15.4 Å². The number of fused-ring (bicyclic) bond motifs is 1. The number of benzene rings is 2. The SMILES string of the molecule is COc1ccc(Br)cc1NC(=O)Nc1cccc2c1ccn2Cc1cccnc1. The van der Waals surface area contributed by atoms with Gasteiger partial charge in [-0.2, -0.15) is 0 Å². The Bertz CT molecular complexity index is 1160. The Kier molecular flexibility index (Phi) is 5.48. The summed E-state index contributed by atoms with van der Waals surface area (Å²) in [7, 11) is 1.57. The Labute approximate surface area is 176 Å². The standard InChI is InChI=1S/C22H19BrN4O2/c1-29-21-8-7-16(23)12-19(21)26-22(28)25-18-5-2-6-20-17(18)9-11-27(20)14-15-4-3-10-24-13-15/h2-13H,14H2,1H3,(H2,25,26,28). The summed E-state index contributed by atoms with van der Waals surface area (Å²) < 4.78 is 8.29. The predicted octanol–water partition coefficient (Wildman–Crippen LogP) is 5.50. The molecular weight excluding hydrogens is 432 g/mol. The third-order valence-electron chi connectivity index (χ3n) is 4.55. The number of hydrogen-bond acceptors (Lipinski definition) is 3. The first-order valence-corrected chi connectivity index (χ1v) is 9.81. The summed E-state index contributed by atoms with van der Waals surface area (Å²) in [5, 5.41) is 6.74. The number of halogens is 1. The van der Waals surface area contributed by atoms with Crippen LogP contribution >= 0.6 is 15.9 Å². The zero-order valence-electron chi connectivity index (χ0n) is 15.7. The fourth-order valence-corrected chi connectivity index (χ4v) is 3.57. The predicted molar refractivity (Wildman–Crippen MR) is 119 cm³/mol. The minimum atomic E-state index is -0.339. The fraction of sp³-hybridized carbons (Fsp3) is 0.0909. The normalized spacial score (nSPS) is 10.7. The zero-order valence-corrected chi connectivity index (χ0v) is 17.3.